The van der Waals surface area contributed by atoms with Gasteiger partial charge in [-0.2, -0.15) is 0 Å². The number of epoxide rings is 1. The van der Waals surface area contributed by atoms with Crippen molar-refractivity contribution in [1.82, 2.24) is 0 Å². The number of rotatable bonds is 2. The molecule has 1 heterocycles. The van der Waals surface area contributed by atoms with E-state index in [9.17, 15) is 0 Å². The minimum Gasteiger partial charge on any atom is -0.342 e. The molecule has 0 bridgehead atoms. The maximum absolute atomic E-state index is 6.88. The van der Waals surface area contributed by atoms with Crippen LogP contribution in [0.15, 0.2) is 109 Å². The Morgan fingerprint density at radius 2 is 0.778 bits per heavy atom. The molecule has 0 amide bonds. The van der Waals surface area contributed by atoms with Gasteiger partial charge in [0.25, 0.3) is 0 Å². The summed E-state index contributed by atoms with van der Waals surface area (Å²) in [7, 11) is 0. The van der Waals surface area contributed by atoms with Gasteiger partial charge in [0.15, 0.2) is 11.2 Å². The molecule has 1 fully saturated rings. The van der Waals surface area contributed by atoms with E-state index >= 15 is 0 Å². The summed E-state index contributed by atoms with van der Waals surface area (Å²) < 4.78 is 6.88. The molecule has 2 unspecified atom stereocenters. The first-order valence-corrected chi connectivity index (χ1v) is 9.38. The van der Waals surface area contributed by atoms with Gasteiger partial charge >= 0.3 is 0 Å². The van der Waals surface area contributed by atoms with E-state index in [-0.39, 0.29) is 0 Å². The van der Waals surface area contributed by atoms with Crippen LogP contribution in [0.2, 0.25) is 0 Å². The van der Waals surface area contributed by atoms with Crippen molar-refractivity contribution in [2.45, 2.75) is 11.2 Å². The molecule has 27 heavy (non-hydrogen) atoms. The Labute approximate surface area is 158 Å². The second-order valence-electron chi connectivity index (χ2n) is 7.29. The lowest BCUT2D eigenvalue weighted by Gasteiger charge is -2.30. The first-order chi connectivity index (χ1) is 13.4. The number of fused-ring (bicyclic) bond motifs is 6. The molecule has 1 aliphatic heterocycles. The van der Waals surface area contributed by atoms with Crippen LogP contribution < -0.4 is 0 Å². The molecule has 1 aliphatic carbocycles. The minimum atomic E-state index is -0.486. The lowest BCUT2D eigenvalue weighted by molar-refractivity contribution is 0.302. The van der Waals surface area contributed by atoms with Crippen LogP contribution in [-0.4, -0.2) is 0 Å². The van der Waals surface area contributed by atoms with Crippen LogP contribution in [0.4, 0.5) is 0 Å². The largest absolute Gasteiger partial charge is 0.342 e. The Bertz CT molecular complexity index is 1060. The van der Waals surface area contributed by atoms with Gasteiger partial charge in [-0.3, -0.25) is 0 Å². The minimum absolute atomic E-state index is 0.486. The summed E-state index contributed by atoms with van der Waals surface area (Å²) in [5.41, 5.74) is 6.47. The molecule has 128 valence electrons. The molecule has 2 atom stereocenters. The highest BCUT2D eigenvalue weighted by Crippen LogP contribution is 2.73. The van der Waals surface area contributed by atoms with Gasteiger partial charge in [0.2, 0.25) is 0 Å². The van der Waals surface area contributed by atoms with Crippen LogP contribution in [0.3, 0.4) is 0 Å². The fraction of sp³-hybridized carbons (Fsp3) is 0.0769. The zero-order valence-electron chi connectivity index (χ0n) is 14.8. The Kier molecular flexibility index (Phi) is 2.87. The highest BCUT2D eigenvalue weighted by molar-refractivity contribution is 5.82. The van der Waals surface area contributed by atoms with Crippen molar-refractivity contribution in [2.75, 3.05) is 0 Å². The summed E-state index contributed by atoms with van der Waals surface area (Å²) in [6, 6.07) is 38.7. The van der Waals surface area contributed by atoms with Gasteiger partial charge < -0.3 is 4.74 Å². The molecule has 0 spiro atoms. The van der Waals surface area contributed by atoms with Crippen molar-refractivity contribution in [3.8, 4) is 11.1 Å². The number of hydrogen-bond acceptors (Lipinski definition) is 1. The molecule has 1 saturated heterocycles. The second-order valence-corrected chi connectivity index (χ2v) is 7.29. The smallest absolute Gasteiger partial charge is 0.158 e. The molecular weight excluding hydrogens is 328 g/mol. The van der Waals surface area contributed by atoms with Crippen LogP contribution in [0.1, 0.15) is 22.3 Å². The molecule has 4 aromatic rings. The van der Waals surface area contributed by atoms with Crippen molar-refractivity contribution in [2.24, 2.45) is 0 Å². The Morgan fingerprint density at radius 3 is 1.22 bits per heavy atom. The summed E-state index contributed by atoms with van der Waals surface area (Å²) in [5, 5.41) is 0. The molecule has 0 N–H and O–H groups in total. The quantitative estimate of drug-likeness (QED) is 0.413. The zero-order valence-corrected chi connectivity index (χ0v) is 14.8. The van der Waals surface area contributed by atoms with Gasteiger partial charge in [-0.1, -0.05) is 109 Å². The second kappa shape index (κ2) is 5.18. The lowest BCUT2D eigenvalue weighted by atomic mass is 9.66. The molecule has 0 aromatic heterocycles. The molecule has 0 radical (unpaired) electrons. The number of benzene rings is 4. The van der Waals surface area contributed by atoms with E-state index in [0.717, 1.165) is 0 Å². The van der Waals surface area contributed by atoms with Gasteiger partial charge in [-0.15, -0.1) is 0 Å². The van der Waals surface area contributed by atoms with E-state index in [1.807, 2.05) is 0 Å². The van der Waals surface area contributed by atoms with Crippen molar-refractivity contribution in [1.29, 1.82) is 0 Å². The third-order valence-corrected chi connectivity index (χ3v) is 6.02. The summed E-state index contributed by atoms with van der Waals surface area (Å²) >= 11 is 0. The van der Waals surface area contributed by atoms with Crippen LogP contribution in [0, 0.1) is 0 Å². The first kappa shape index (κ1) is 15.0. The number of hydrogen-bond donors (Lipinski definition) is 0. The maximum Gasteiger partial charge on any atom is 0.158 e. The van der Waals surface area contributed by atoms with E-state index < -0.39 is 11.2 Å². The van der Waals surface area contributed by atoms with E-state index in [0.29, 0.717) is 0 Å². The standard InChI is InChI=1S/C26H18O/c1-3-11-19(12-4-1)25-23-17-9-7-15-21(23)22-16-8-10-18-24(22)26(25,27-25)20-13-5-2-6-14-20/h1-18H. The summed E-state index contributed by atoms with van der Waals surface area (Å²) in [6.45, 7) is 0. The average molecular weight is 346 g/mol. The molecule has 6 rings (SSSR count). The topological polar surface area (TPSA) is 12.5 Å². The van der Waals surface area contributed by atoms with Crippen LogP contribution in [-0.2, 0) is 15.9 Å². The molecule has 1 heteroatoms. The fourth-order valence-electron chi connectivity index (χ4n) is 4.92. The maximum atomic E-state index is 6.88. The van der Waals surface area contributed by atoms with E-state index in [4.69, 9.17) is 4.74 Å². The molecule has 0 saturated carbocycles. The van der Waals surface area contributed by atoms with Gasteiger partial charge in [-0.05, 0) is 33.4 Å². The van der Waals surface area contributed by atoms with Crippen LogP contribution in [0.25, 0.3) is 11.1 Å². The highest BCUT2D eigenvalue weighted by Gasteiger charge is 2.76. The average Bonchev–Trinajstić information content (AvgIpc) is 3.49. The predicted octanol–water partition coefficient (Wildman–Crippen LogP) is 5.88. The highest BCUT2D eigenvalue weighted by atomic mass is 16.6. The normalized spacial score (nSPS) is 24.4. The molecular formula is C26H18O. The monoisotopic (exact) mass is 346 g/mol. The third kappa shape index (κ3) is 1.72. The predicted molar refractivity (Wildman–Crippen MR) is 107 cm³/mol. The van der Waals surface area contributed by atoms with E-state index in [1.54, 1.807) is 0 Å². The van der Waals surface area contributed by atoms with Crippen molar-refractivity contribution in [3.05, 3.63) is 131 Å². The summed E-state index contributed by atoms with van der Waals surface area (Å²) in [5.74, 6) is 0. The number of ether oxygens (including phenoxy) is 1. The van der Waals surface area contributed by atoms with Crippen molar-refractivity contribution >= 4 is 0 Å². The van der Waals surface area contributed by atoms with Crippen LogP contribution in [0.5, 0.6) is 0 Å². The van der Waals surface area contributed by atoms with E-state index in [1.165, 1.54) is 33.4 Å². The summed E-state index contributed by atoms with van der Waals surface area (Å²) in [4.78, 5) is 0. The Balaban J connectivity index is 1.76. The fourth-order valence-corrected chi connectivity index (χ4v) is 4.92. The van der Waals surface area contributed by atoms with Crippen molar-refractivity contribution in [3.63, 3.8) is 0 Å². The third-order valence-electron chi connectivity index (χ3n) is 6.02. The lowest BCUT2D eigenvalue weighted by Crippen LogP contribution is -2.29. The SMILES string of the molecule is c1ccc(C23OC2(c2ccccc2)c2ccccc2-c2ccccc23)cc1. The van der Waals surface area contributed by atoms with Crippen molar-refractivity contribution < 1.29 is 4.74 Å². The van der Waals surface area contributed by atoms with Crippen LogP contribution >= 0.6 is 0 Å². The molecule has 4 aromatic carbocycles. The zero-order chi connectivity index (χ0) is 17.9. The van der Waals surface area contributed by atoms with Gasteiger partial charge in [-0.25, -0.2) is 0 Å². The summed E-state index contributed by atoms with van der Waals surface area (Å²) in [6.07, 6.45) is 0. The molecule has 2 aliphatic rings. The van der Waals surface area contributed by atoms with Gasteiger partial charge in [0.05, 0.1) is 0 Å². The Hall–Kier alpha value is -3.16. The van der Waals surface area contributed by atoms with Gasteiger partial charge in [0, 0.05) is 0 Å². The van der Waals surface area contributed by atoms with E-state index in [2.05, 4.69) is 109 Å². The van der Waals surface area contributed by atoms with Gasteiger partial charge in [0.1, 0.15) is 0 Å². The first-order valence-electron chi connectivity index (χ1n) is 9.38. The molecule has 1 nitrogen and oxygen atoms in total. The Morgan fingerprint density at radius 1 is 0.407 bits per heavy atom.